The molecule has 0 aliphatic heterocycles. The van der Waals surface area contributed by atoms with Gasteiger partial charge in [0.2, 0.25) is 35.4 Å². The van der Waals surface area contributed by atoms with Crippen LogP contribution in [0.5, 0.6) is 0 Å². The molecule has 44 heavy (non-hydrogen) atoms. The van der Waals surface area contributed by atoms with Gasteiger partial charge < -0.3 is 42.4 Å². The summed E-state index contributed by atoms with van der Waals surface area (Å²) in [5.41, 5.74) is 6.13. The van der Waals surface area contributed by atoms with Gasteiger partial charge in [0.05, 0.1) is 25.7 Å². The zero-order valence-corrected chi connectivity index (χ0v) is 25.5. The van der Waals surface area contributed by atoms with E-state index in [9.17, 15) is 28.8 Å². The van der Waals surface area contributed by atoms with Crippen LogP contribution in [-0.4, -0.2) is 87.5 Å². The zero-order valence-electron chi connectivity index (χ0n) is 25.5. The molecule has 1 atom stereocenters. The number of carbonyl (C=O) groups excluding carboxylic acids is 6. The fourth-order valence-electron chi connectivity index (χ4n) is 4.68. The lowest BCUT2D eigenvalue weighted by atomic mass is 9.87. The lowest BCUT2D eigenvalue weighted by Gasteiger charge is -2.26. The maximum absolute atomic E-state index is 12.9. The summed E-state index contributed by atoms with van der Waals surface area (Å²) < 4.78 is 5.66. The SMILES string of the molecule is CNCCCCCC(=O)NCC(=O)NCC(=O)N[C@@H](Cc1ccccc1)C(=O)NCC(=O)NCO[C@H]1CC[C@@H](C(N)=O)CC1. The topological polar surface area (TPSA) is 210 Å². The zero-order chi connectivity index (χ0) is 32.2. The molecule has 14 nitrogen and oxygen atoms in total. The maximum atomic E-state index is 12.9. The summed E-state index contributed by atoms with van der Waals surface area (Å²) in [5, 5.41) is 15.7. The molecule has 0 radical (unpaired) electrons. The minimum Gasteiger partial charge on any atom is -0.369 e. The third-order valence-corrected chi connectivity index (χ3v) is 7.25. The molecular weight excluding hydrogens is 570 g/mol. The maximum Gasteiger partial charge on any atom is 0.243 e. The molecule has 244 valence electrons. The van der Waals surface area contributed by atoms with Crippen LogP contribution in [0.4, 0.5) is 0 Å². The summed E-state index contributed by atoms with van der Waals surface area (Å²) in [5.74, 6) is -2.86. The normalized spacial score (nSPS) is 16.7. The Morgan fingerprint density at radius 3 is 2.11 bits per heavy atom. The number of hydrogen-bond acceptors (Lipinski definition) is 8. The minimum atomic E-state index is -1.01. The van der Waals surface area contributed by atoms with E-state index in [1.165, 1.54) is 0 Å². The average molecular weight is 618 g/mol. The van der Waals surface area contributed by atoms with E-state index in [4.69, 9.17) is 10.5 Å². The minimum absolute atomic E-state index is 0.0401. The van der Waals surface area contributed by atoms with E-state index in [2.05, 4.69) is 31.9 Å². The summed E-state index contributed by atoms with van der Waals surface area (Å²) in [7, 11) is 1.87. The van der Waals surface area contributed by atoms with Crippen LogP contribution in [0.2, 0.25) is 0 Å². The summed E-state index contributed by atoms with van der Waals surface area (Å²) in [4.78, 5) is 73.1. The monoisotopic (exact) mass is 617 g/mol. The highest BCUT2D eigenvalue weighted by Gasteiger charge is 2.25. The fraction of sp³-hybridized carbons (Fsp3) is 0.600. The number of unbranched alkanes of at least 4 members (excludes halogenated alkanes) is 2. The average Bonchev–Trinajstić information content (AvgIpc) is 3.02. The van der Waals surface area contributed by atoms with Crippen molar-refractivity contribution in [2.75, 3.05) is 40.0 Å². The van der Waals surface area contributed by atoms with Crippen molar-refractivity contribution in [2.24, 2.45) is 11.7 Å². The van der Waals surface area contributed by atoms with Gasteiger partial charge in [-0.2, -0.15) is 0 Å². The number of nitrogens with one attached hydrogen (secondary N) is 6. The van der Waals surface area contributed by atoms with Gasteiger partial charge in [0.25, 0.3) is 0 Å². The molecule has 0 unspecified atom stereocenters. The van der Waals surface area contributed by atoms with Gasteiger partial charge in [-0.15, -0.1) is 0 Å². The number of hydrogen-bond donors (Lipinski definition) is 7. The molecule has 14 heteroatoms. The van der Waals surface area contributed by atoms with Crippen molar-refractivity contribution < 1.29 is 33.5 Å². The van der Waals surface area contributed by atoms with Gasteiger partial charge in [-0.25, -0.2) is 0 Å². The molecular formula is C30H47N7O7. The molecule has 8 N–H and O–H groups in total. The molecule has 0 saturated heterocycles. The third kappa shape index (κ3) is 15.4. The number of benzene rings is 1. The van der Waals surface area contributed by atoms with Crippen molar-refractivity contribution in [3.8, 4) is 0 Å². The largest absolute Gasteiger partial charge is 0.369 e. The van der Waals surface area contributed by atoms with Gasteiger partial charge in [0.1, 0.15) is 12.8 Å². The molecule has 1 aliphatic carbocycles. The second-order valence-electron chi connectivity index (χ2n) is 10.8. The van der Waals surface area contributed by atoms with Crippen LogP contribution in [-0.2, 0) is 39.9 Å². The Hall–Kier alpha value is -4.04. The first-order valence-corrected chi connectivity index (χ1v) is 15.1. The number of rotatable bonds is 20. The molecule has 0 spiro atoms. The first kappa shape index (κ1) is 36.2. The Morgan fingerprint density at radius 1 is 0.795 bits per heavy atom. The summed E-state index contributed by atoms with van der Waals surface area (Å²) in [6.07, 6.45) is 5.63. The fourth-order valence-corrected chi connectivity index (χ4v) is 4.68. The Balaban J connectivity index is 1.73. The van der Waals surface area contributed by atoms with E-state index in [0.717, 1.165) is 31.4 Å². The van der Waals surface area contributed by atoms with Crippen molar-refractivity contribution >= 4 is 35.4 Å². The van der Waals surface area contributed by atoms with Crippen LogP contribution in [0.1, 0.15) is 56.9 Å². The molecule has 2 rings (SSSR count). The van der Waals surface area contributed by atoms with E-state index in [-0.39, 0.29) is 50.1 Å². The van der Waals surface area contributed by atoms with Crippen LogP contribution in [0, 0.1) is 5.92 Å². The summed E-state index contributed by atoms with van der Waals surface area (Å²) in [6, 6.07) is 8.03. The molecule has 0 bridgehead atoms. The van der Waals surface area contributed by atoms with Gasteiger partial charge in [0.15, 0.2) is 0 Å². The van der Waals surface area contributed by atoms with Gasteiger partial charge in [0, 0.05) is 18.8 Å². The highest BCUT2D eigenvalue weighted by Crippen LogP contribution is 2.25. The summed E-state index contributed by atoms with van der Waals surface area (Å²) >= 11 is 0. The smallest absolute Gasteiger partial charge is 0.243 e. The molecule has 1 aliphatic rings. The number of primary amides is 1. The van der Waals surface area contributed by atoms with Crippen LogP contribution in [0.3, 0.4) is 0 Å². The molecule has 1 saturated carbocycles. The Kier molecular flexibility index (Phi) is 17.1. The van der Waals surface area contributed by atoms with E-state index >= 15 is 0 Å². The van der Waals surface area contributed by atoms with Crippen LogP contribution < -0.4 is 37.6 Å². The second kappa shape index (κ2) is 20.8. The van der Waals surface area contributed by atoms with Gasteiger partial charge >= 0.3 is 0 Å². The number of amides is 6. The van der Waals surface area contributed by atoms with Gasteiger partial charge in [-0.1, -0.05) is 36.8 Å². The van der Waals surface area contributed by atoms with E-state index in [1.807, 2.05) is 13.1 Å². The standard InChI is InChI=1S/C30H47N7O7/c1-32-15-7-3-6-10-25(38)33-17-26(39)34-19-28(41)37-24(16-21-8-4-2-5-9-21)30(43)35-18-27(40)36-20-44-23-13-11-22(12-14-23)29(31)42/h2,4-5,8-9,22-24,32H,3,6-7,10-20H2,1H3,(H2,31,42)(H,33,38)(H,34,39)(H,35,43)(H,36,40)(H,37,41)/t22-,23+,24-/m0/s1. The molecule has 1 aromatic carbocycles. The van der Waals surface area contributed by atoms with E-state index < -0.39 is 36.2 Å². The van der Waals surface area contributed by atoms with Crippen LogP contribution in [0.25, 0.3) is 0 Å². The van der Waals surface area contributed by atoms with Crippen LogP contribution in [0.15, 0.2) is 30.3 Å². The summed E-state index contributed by atoms with van der Waals surface area (Å²) in [6.45, 7) is -0.139. The second-order valence-corrected chi connectivity index (χ2v) is 10.8. The molecule has 1 aromatic rings. The highest BCUT2D eigenvalue weighted by molar-refractivity contribution is 5.92. The molecule has 0 heterocycles. The lowest BCUT2D eigenvalue weighted by molar-refractivity contribution is -0.131. The predicted molar refractivity (Wildman–Crippen MR) is 163 cm³/mol. The first-order valence-electron chi connectivity index (χ1n) is 15.1. The first-order chi connectivity index (χ1) is 21.2. The quantitative estimate of drug-likeness (QED) is 0.0709. The predicted octanol–water partition coefficient (Wildman–Crippen LogP) is -1.02. The Morgan fingerprint density at radius 2 is 1.43 bits per heavy atom. The third-order valence-electron chi connectivity index (χ3n) is 7.25. The van der Waals surface area contributed by atoms with Crippen molar-refractivity contribution in [3.63, 3.8) is 0 Å². The number of ether oxygens (including phenoxy) is 1. The lowest BCUT2D eigenvalue weighted by Crippen LogP contribution is -2.52. The van der Waals surface area contributed by atoms with E-state index in [1.54, 1.807) is 24.3 Å². The van der Waals surface area contributed by atoms with Gasteiger partial charge in [-0.3, -0.25) is 28.8 Å². The molecule has 0 aromatic heterocycles. The van der Waals surface area contributed by atoms with Crippen molar-refractivity contribution in [1.29, 1.82) is 0 Å². The molecule has 1 fully saturated rings. The van der Waals surface area contributed by atoms with Crippen molar-refractivity contribution in [2.45, 2.75) is 69.9 Å². The Bertz CT molecular complexity index is 1080. The molecule has 6 amide bonds. The van der Waals surface area contributed by atoms with Crippen LogP contribution >= 0.6 is 0 Å². The Labute approximate surface area is 258 Å². The highest BCUT2D eigenvalue weighted by atomic mass is 16.5. The van der Waals surface area contributed by atoms with E-state index in [0.29, 0.717) is 32.1 Å². The van der Waals surface area contributed by atoms with Crippen molar-refractivity contribution in [3.05, 3.63) is 35.9 Å². The van der Waals surface area contributed by atoms with Crippen molar-refractivity contribution in [1.82, 2.24) is 31.9 Å². The number of carbonyl (C=O) groups is 6. The van der Waals surface area contributed by atoms with Gasteiger partial charge in [-0.05, 0) is 57.7 Å². The number of nitrogens with two attached hydrogens (primary N) is 1.